The van der Waals surface area contributed by atoms with E-state index in [4.69, 9.17) is 0 Å². The molecule has 3 heteroatoms. The first-order valence-electron chi connectivity index (χ1n) is 3.32. The van der Waals surface area contributed by atoms with Crippen LogP contribution in [0.5, 0.6) is 0 Å². The van der Waals surface area contributed by atoms with E-state index in [0.29, 0.717) is 0 Å². The zero-order chi connectivity index (χ0) is 8.91. The fourth-order valence-corrected chi connectivity index (χ4v) is 1.01. The molecular formula is C8H13NOS. The number of nitrogens with one attached hydrogen (secondary N) is 1. The van der Waals surface area contributed by atoms with Crippen LogP contribution in [0.15, 0.2) is 0 Å². The number of carbonyl (C=O) groups excluding carboxylic acids is 1. The van der Waals surface area contributed by atoms with E-state index in [9.17, 15) is 4.79 Å². The van der Waals surface area contributed by atoms with E-state index in [0.717, 1.165) is 0 Å². The zero-order valence-corrected chi connectivity index (χ0v) is 8.13. The van der Waals surface area contributed by atoms with Crippen molar-refractivity contribution in [3.05, 3.63) is 0 Å². The van der Waals surface area contributed by atoms with Gasteiger partial charge in [0, 0.05) is 6.92 Å². The van der Waals surface area contributed by atoms with Crippen LogP contribution < -0.4 is 5.32 Å². The van der Waals surface area contributed by atoms with Gasteiger partial charge >= 0.3 is 0 Å². The van der Waals surface area contributed by atoms with E-state index in [1.165, 1.54) is 18.7 Å². The highest BCUT2D eigenvalue weighted by Gasteiger charge is 2.13. The van der Waals surface area contributed by atoms with Crippen LogP contribution >= 0.6 is 11.8 Å². The average Bonchev–Trinajstić information content (AvgIpc) is 1.81. The smallest absolute Gasteiger partial charge is 0.218 e. The van der Waals surface area contributed by atoms with Gasteiger partial charge in [0.15, 0.2) is 0 Å². The van der Waals surface area contributed by atoms with Crippen LogP contribution in [0.25, 0.3) is 0 Å². The lowest BCUT2D eigenvalue weighted by Crippen LogP contribution is -2.40. The quantitative estimate of drug-likeness (QED) is 0.601. The van der Waals surface area contributed by atoms with Crippen LogP contribution in [-0.4, -0.2) is 17.7 Å². The van der Waals surface area contributed by atoms with Crippen molar-refractivity contribution in [1.29, 1.82) is 0 Å². The lowest BCUT2D eigenvalue weighted by atomic mass is 10.1. The molecule has 2 nitrogen and oxygen atoms in total. The molecule has 0 aromatic rings. The van der Waals surface area contributed by atoms with Gasteiger partial charge in [0.05, 0.1) is 5.54 Å². The fourth-order valence-electron chi connectivity index (χ4n) is 0.650. The van der Waals surface area contributed by atoms with E-state index in [-0.39, 0.29) is 5.91 Å². The summed E-state index contributed by atoms with van der Waals surface area (Å²) in [5.74, 6) is 2.87. The molecule has 0 aliphatic heterocycles. The largest absolute Gasteiger partial charge is 0.341 e. The Morgan fingerprint density at radius 2 is 2.09 bits per heavy atom. The minimum Gasteiger partial charge on any atom is -0.341 e. The second-order valence-electron chi connectivity index (χ2n) is 2.74. The van der Waals surface area contributed by atoms with E-state index >= 15 is 0 Å². The standard InChI is InChI=1S/C8H13NOS/c1-7(10)9-8(2,3)5-6-11-4/h1-4H3,(H,9,10). The molecule has 0 fully saturated rings. The molecule has 0 saturated carbocycles. The molecule has 0 unspecified atom stereocenters. The SMILES string of the molecule is CSC#CC(C)(C)NC(C)=O. The molecule has 0 heterocycles. The fraction of sp³-hybridized carbons (Fsp3) is 0.625. The molecular weight excluding hydrogens is 158 g/mol. The maximum atomic E-state index is 10.6. The Morgan fingerprint density at radius 1 is 1.55 bits per heavy atom. The third kappa shape index (κ3) is 5.81. The summed E-state index contributed by atoms with van der Waals surface area (Å²) in [6.45, 7) is 5.23. The highest BCUT2D eigenvalue weighted by Crippen LogP contribution is 2.00. The van der Waals surface area contributed by atoms with Crippen molar-refractivity contribution >= 4 is 17.7 Å². The molecule has 0 aliphatic rings. The number of hydrogen-bond donors (Lipinski definition) is 1. The van der Waals surface area contributed by atoms with Crippen LogP contribution in [0.3, 0.4) is 0 Å². The minimum atomic E-state index is -0.408. The van der Waals surface area contributed by atoms with Crippen LogP contribution in [0.4, 0.5) is 0 Å². The van der Waals surface area contributed by atoms with Crippen molar-refractivity contribution in [2.45, 2.75) is 26.3 Å². The first-order chi connectivity index (χ1) is 4.98. The molecule has 0 atom stereocenters. The van der Waals surface area contributed by atoms with Crippen LogP contribution in [0, 0.1) is 11.2 Å². The number of thioether (sulfide) groups is 1. The molecule has 0 saturated heterocycles. The Bertz CT molecular complexity index is 200. The van der Waals surface area contributed by atoms with Gasteiger partial charge in [-0.15, -0.1) is 0 Å². The summed E-state index contributed by atoms with van der Waals surface area (Å²) in [7, 11) is 0. The highest BCUT2D eigenvalue weighted by atomic mass is 32.2. The lowest BCUT2D eigenvalue weighted by Gasteiger charge is -2.17. The average molecular weight is 171 g/mol. The summed E-state index contributed by atoms with van der Waals surface area (Å²) in [5, 5.41) is 5.57. The van der Waals surface area contributed by atoms with Gasteiger partial charge in [0.2, 0.25) is 5.91 Å². The molecule has 0 radical (unpaired) electrons. The third-order valence-corrected chi connectivity index (χ3v) is 1.26. The maximum absolute atomic E-state index is 10.6. The summed E-state index contributed by atoms with van der Waals surface area (Å²) in [6.07, 6.45) is 1.90. The van der Waals surface area contributed by atoms with Gasteiger partial charge in [0.25, 0.3) is 0 Å². The van der Waals surface area contributed by atoms with Crippen molar-refractivity contribution in [2.24, 2.45) is 0 Å². The second kappa shape index (κ2) is 4.30. The minimum absolute atomic E-state index is 0.0506. The molecule has 1 N–H and O–H groups in total. The Morgan fingerprint density at radius 3 is 2.45 bits per heavy atom. The normalized spacial score (nSPS) is 9.82. The molecule has 0 aliphatic carbocycles. The Hall–Kier alpha value is -0.620. The third-order valence-electron chi connectivity index (χ3n) is 0.954. The first kappa shape index (κ1) is 10.4. The topological polar surface area (TPSA) is 29.1 Å². The van der Waals surface area contributed by atoms with Crippen molar-refractivity contribution in [3.63, 3.8) is 0 Å². The molecule has 0 aromatic heterocycles. The Balaban J connectivity index is 4.10. The van der Waals surface area contributed by atoms with Crippen molar-refractivity contribution in [3.8, 4) is 11.2 Å². The number of rotatable bonds is 1. The molecule has 0 rings (SSSR count). The lowest BCUT2D eigenvalue weighted by molar-refractivity contribution is -0.119. The predicted molar refractivity (Wildman–Crippen MR) is 49.2 cm³/mol. The summed E-state index contributed by atoms with van der Waals surface area (Å²) < 4.78 is 0. The van der Waals surface area contributed by atoms with Crippen LogP contribution in [0.1, 0.15) is 20.8 Å². The highest BCUT2D eigenvalue weighted by molar-refractivity contribution is 8.03. The maximum Gasteiger partial charge on any atom is 0.218 e. The Labute approximate surface area is 72.1 Å². The van der Waals surface area contributed by atoms with E-state index in [2.05, 4.69) is 16.5 Å². The molecule has 0 spiro atoms. The molecule has 0 bridgehead atoms. The number of carbonyl (C=O) groups is 1. The number of hydrogen-bond acceptors (Lipinski definition) is 2. The van der Waals surface area contributed by atoms with Gasteiger partial charge < -0.3 is 5.32 Å². The monoisotopic (exact) mass is 171 g/mol. The summed E-state index contributed by atoms with van der Waals surface area (Å²) in [6, 6.07) is 0. The van der Waals surface area contributed by atoms with Gasteiger partial charge in [0.1, 0.15) is 0 Å². The second-order valence-corrected chi connectivity index (χ2v) is 3.35. The molecule has 11 heavy (non-hydrogen) atoms. The number of amides is 1. The van der Waals surface area contributed by atoms with Crippen molar-refractivity contribution in [1.82, 2.24) is 5.32 Å². The van der Waals surface area contributed by atoms with Gasteiger partial charge in [-0.2, -0.15) is 0 Å². The first-order valence-corrected chi connectivity index (χ1v) is 4.54. The van der Waals surface area contributed by atoms with Crippen LogP contribution in [0.2, 0.25) is 0 Å². The van der Waals surface area contributed by atoms with Gasteiger partial charge in [-0.3, -0.25) is 4.79 Å². The summed E-state index contributed by atoms with van der Waals surface area (Å²) in [4.78, 5) is 10.6. The van der Waals surface area contributed by atoms with Crippen LogP contribution in [-0.2, 0) is 4.79 Å². The zero-order valence-electron chi connectivity index (χ0n) is 7.32. The van der Waals surface area contributed by atoms with E-state index < -0.39 is 5.54 Å². The van der Waals surface area contributed by atoms with E-state index in [1.807, 2.05) is 20.1 Å². The van der Waals surface area contributed by atoms with Crippen molar-refractivity contribution < 1.29 is 4.79 Å². The summed E-state index contributed by atoms with van der Waals surface area (Å²) in [5.41, 5.74) is -0.408. The van der Waals surface area contributed by atoms with Gasteiger partial charge in [-0.1, -0.05) is 17.7 Å². The van der Waals surface area contributed by atoms with E-state index in [1.54, 1.807) is 0 Å². The molecule has 1 amide bonds. The molecule has 0 aromatic carbocycles. The predicted octanol–water partition coefficient (Wildman–Crippen LogP) is 1.22. The van der Waals surface area contributed by atoms with Gasteiger partial charge in [-0.25, -0.2) is 0 Å². The molecule has 62 valence electrons. The van der Waals surface area contributed by atoms with Gasteiger partial charge in [-0.05, 0) is 25.4 Å². The van der Waals surface area contributed by atoms with Crippen molar-refractivity contribution in [2.75, 3.05) is 6.26 Å². The summed E-state index contributed by atoms with van der Waals surface area (Å²) >= 11 is 1.44. The Kier molecular flexibility index (Phi) is 4.06.